The van der Waals surface area contributed by atoms with E-state index in [-0.39, 0.29) is 6.09 Å². The highest BCUT2D eigenvalue weighted by molar-refractivity contribution is 14.1. The SMILES string of the molecule is CC(C)(C)OC(=O)NCCCCCCNI. The number of ether oxygens (including phenoxy) is 1. The number of alkyl carbamates (subject to hydrolysis) is 1. The predicted octanol–water partition coefficient (Wildman–Crippen LogP) is 3.01. The van der Waals surface area contributed by atoms with Crippen LogP contribution in [0.5, 0.6) is 0 Å². The van der Waals surface area contributed by atoms with Gasteiger partial charge >= 0.3 is 6.09 Å². The van der Waals surface area contributed by atoms with Gasteiger partial charge in [-0.3, -0.25) is 3.53 Å². The van der Waals surface area contributed by atoms with Crippen LogP contribution in [0.4, 0.5) is 4.79 Å². The summed E-state index contributed by atoms with van der Waals surface area (Å²) in [7, 11) is 0. The molecule has 0 aromatic heterocycles. The van der Waals surface area contributed by atoms with Crippen LogP contribution in [-0.2, 0) is 4.74 Å². The van der Waals surface area contributed by atoms with Gasteiger partial charge < -0.3 is 10.1 Å². The minimum Gasteiger partial charge on any atom is -0.444 e. The van der Waals surface area contributed by atoms with E-state index >= 15 is 0 Å². The second-order valence-electron chi connectivity index (χ2n) is 4.73. The van der Waals surface area contributed by atoms with Crippen molar-refractivity contribution in [1.29, 1.82) is 0 Å². The molecule has 0 aliphatic heterocycles. The van der Waals surface area contributed by atoms with Crippen molar-refractivity contribution in [3.8, 4) is 0 Å². The minimum atomic E-state index is -0.407. The fourth-order valence-corrected chi connectivity index (χ4v) is 1.56. The van der Waals surface area contributed by atoms with Gasteiger partial charge in [-0.05, 0) is 33.6 Å². The fraction of sp³-hybridized carbons (Fsp3) is 0.909. The van der Waals surface area contributed by atoms with E-state index in [0.29, 0.717) is 6.54 Å². The number of hydrogen-bond donors (Lipinski definition) is 2. The third kappa shape index (κ3) is 12.0. The second-order valence-corrected chi connectivity index (χ2v) is 5.49. The molecule has 0 rings (SSSR count). The maximum Gasteiger partial charge on any atom is 0.407 e. The molecule has 0 aliphatic carbocycles. The van der Waals surface area contributed by atoms with Crippen molar-refractivity contribution in [2.45, 2.75) is 52.1 Å². The van der Waals surface area contributed by atoms with E-state index in [1.807, 2.05) is 20.8 Å². The number of halogens is 1. The highest BCUT2D eigenvalue weighted by atomic mass is 127. The number of rotatable bonds is 7. The zero-order valence-corrected chi connectivity index (χ0v) is 12.6. The molecular formula is C11H23IN2O2. The lowest BCUT2D eigenvalue weighted by atomic mass is 10.2. The first-order chi connectivity index (χ1) is 7.45. The molecule has 0 saturated heterocycles. The molecule has 2 N–H and O–H groups in total. The third-order valence-corrected chi connectivity index (χ3v) is 2.41. The molecule has 0 bridgehead atoms. The molecule has 0 saturated carbocycles. The Morgan fingerprint density at radius 2 is 1.69 bits per heavy atom. The highest BCUT2D eigenvalue weighted by Crippen LogP contribution is 2.06. The Morgan fingerprint density at radius 1 is 1.12 bits per heavy atom. The molecule has 0 aromatic carbocycles. The first-order valence-corrected chi connectivity index (χ1v) is 6.84. The first kappa shape index (κ1) is 16.0. The Morgan fingerprint density at radius 3 is 2.19 bits per heavy atom. The van der Waals surface area contributed by atoms with Gasteiger partial charge in [0.05, 0.1) is 0 Å². The third-order valence-electron chi connectivity index (χ3n) is 1.87. The topological polar surface area (TPSA) is 50.4 Å². The molecule has 0 aliphatic rings. The molecule has 0 radical (unpaired) electrons. The molecule has 1 amide bonds. The average Bonchev–Trinajstić information content (AvgIpc) is 2.13. The van der Waals surface area contributed by atoms with Gasteiger partial charge in [0.2, 0.25) is 0 Å². The molecule has 4 nitrogen and oxygen atoms in total. The largest absolute Gasteiger partial charge is 0.444 e. The summed E-state index contributed by atoms with van der Waals surface area (Å²) in [6, 6.07) is 0. The lowest BCUT2D eigenvalue weighted by molar-refractivity contribution is 0.0527. The van der Waals surface area contributed by atoms with Crippen LogP contribution in [0.2, 0.25) is 0 Å². The smallest absolute Gasteiger partial charge is 0.407 e. The number of carbonyl (C=O) groups excluding carboxylic acids is 1. The maximum atomic E-state index is 11.2. The summed E-state index contributed by atoms with van der Waals surface area (Å²) in [4.78, 5) is 11.2. The highest BCUT2D eigenvalue weighted by Gasteiger charge is 2.15. The number of hydrogen-bond acceptors (Lipinski definition) is 3. The van der Waals surface area contributed by atoms with Crippen LogP contribution in [0, 0.1) is 0 Å². The van der Waals surface area contributed by atoms with Crippen molar-refractivity contribution >= 4 is 29.0 Å². The van der Waals surface area contributed by atoms with Crippen LogP contribution < -0.4 is 8.85 Å². The van der Waals surface area contributed by atoms with Gasteiger partial charge in [0, 0.05) is 36.0 Å². The van der Waals surface area contributed by atoms with E-state index in [4.69, 9.17) is 4.74 Å². The van der Waals surface area contributed by atoms with E-state index in [1.165, 1.54) is 12.8 Å². The molecule has 16 heavy (non-hydrogen) atoms. The van der Waals surface area contributed by atoms with Gasteiger partial charge in [-0.1, -0.05) is 12.8 Å². The van der Waals surface area contributed by atoms with Crippen LogP contribution in [0.1, 0.15) is 46.5 Å². The Bertz CT molecular complexity index is 193. The quantitative estimate of drug-likeness (QED) is 0.425. The van der Waals surface area contributed by atoms with Crippen molar-refractivity contribution in [2.75, 3.05) is 13.1 Å². The molecular weight excluding hydrogens is 319 g/mol. The zero-order chi connectivity index (χ0) is 12.4. The lowest BCUT2D eigenvalue weighted by Gasteiger charge is -2.19. The molecule has 0 atom stereocenters. The number of unbranched alkanes of at least 4 members (excludes halogenated alkanes) is 3. The normalized spacial score (nSPS) is 11.2. The van der Waals surface area contributed by atoms with Crippen molar-refractivity contribution < 1.29 is 9.53 Å². The summed E-state index contributed by atoms with van der Waals surface area (Å²) in [5, 5.41) is 2.75. The van der Waals surface area contributed by atoms with Crippen LogP contribution in [0.15, 0.2) is 0 Å². The van der Waals surface area contributed by atoms with E-state index in [2.05, 4.69) is 31.7 Å². The average molecular weight is 342 g/mol. The van der Waals surface area contributed by atoms with Gasteiger partial charge in [-0.2, -0.15) is 0 Å². The van der Waals surface area contributed by atoms with Crippen molar-refractivity contribution in [2.24, 2.45) is 0 Å². The fourth-order valence-electron chi connectivity index (χ4n) is 1.17. The van der Waals surface area contributed by atoms with E-state index in [0.717, 1.165) is 19.4 Å². The van der Waals surface area contributed by atoms with Crippen molar-refractivity contribution in [3.05, 3.63) is 0 Å². The molecule has 0 spiro atoms. The summed E-state index contributed by atoms with van der Waals surface area (Å²) in [5.74, 6) is 0. The van der Waals surface area contributed by atoms with E-state index < -0.39 is 5.60 Å². The van der Waals surface area contributed by atoms with Crippen molar-refractivity contribution in [1.82, 2.24) is 8.85 Å². The monoisotopic (exact) mass is 342 g/mol. The van der Waals surface area contributed by atoms with Gasteiger partial charge in [0.15, 0.2) is 0 Å². The van der Waals surface area contributed by atoms with Gasteiger partial charge in [0.25, 0.3) is 0 Å². The van der Waals surface area contributed by atoms with Crippen LogP contribution >= 0.6 is 22.9 Å². The summed E-state index contributed by atoms with van der Waals surface area (Å²) < 4.78 is 8.20. The number of nitrogens with one attached hydrogen (secondary N) is 2. The number of amides is 1. The zero-order valence-electron chi connectivity index (χ0n) is 10.4. The first-order valence-electron chi connectivity index (χ1n) is 5.76. The Labute approximate surface area is 112 Å². The Balaban J connectivity index is 3.28. The van der Waals surface area contributed by atoms with E-state index in [1.54, 1.807) is 0 Å². The minimum absolute atomic E-state index is 0.318. The molecule has 0 heterocycles. The van der Waals surface area contributed by atoms with Gasteiger partial charge in [-0.15, -0.1) is 0 Å². The molecule has 0 aromatic rings. The Hall–Kier alpha value is -0.0400. The standard InChI is InChI=1S/C11H23IN2O2/c1-11(2,3)16-10(15)13-8-6-4-5-7-9-14-12/h14H,4-9H2,1-3H3,(H,13,15). The summed E-state index contributed by atoms with van der Waals surface area (Å²) in [6.45, 7) is 7.35. The maximum absolute atomic E-state index is 11.2. The summed E-state index contributed by atoms with van der Waals surface area (Å²) in [6.07, 6.45) is 4.23. The van der Waals surface area contributed by atoms with Crippen LogP contribution in [0.25, 0.3) is 0 Å². The summed E-state index contributed by atoms with van der Waals surface area (Å²) in [5.41, 5.74) is -0.407. The lowest BCUT2D eigenvalue weighted by Crippen LogP contribution is -2.32. The van der Waals surface area contributed by atoms with Gasteiger partial charge in [0.1, 0.15) is 5.60 Å². The van der Waals surface area contributed by atoms with E-state index in [9.17, 15) is 4.79 Å². The van der Waals surface area contributed by atoms with Crippen molar-refractivity contribution in [3.63, 3.8) is 0 Å². The number of carbonyl (C=O) groups is 1. The molecule has 0 unspecified atom stereocenters. The predicted molar refractivity (Wildman–Crippen MR) is 74.7 cm³/mol. The van der Waals surface area contributed by atoms with Crippen LogP contribution in [-0.4, -0.2) is 24.8 Å². The Kier molecular flexibility index (Phi) is 9.02. The second kappa shape index (κ2) is 9.04. The molecule has 5 heteroatoms. The summed E-state index contributed by atoms with van der Waals surface area (Å²) >= 11 is 2.15. The molecule has 96 valence electrons. The molecule has 0 fully saturated rings. The van der Waals surface area contributed by atoms with Crippen LogP contribution in [0.3, 0.4) is 0 Å². The van der Waals surface area contributed by atoms with Gasteiger partial charge in [-0.25, -0.2) is 4.79 Å².